The van der Waals surface area contributed by atoms with Gasteiger partial charge in [0.05, 0.1) is 4.92 Å². The van der Waals surface area contributed by atoms with Crippen LogP contribution in [-0.4, -0.2) is 27.1 Å². The van der Waals surface area contributed by atoms with E-state index < -0.39 is 11.0 Å². The van der Waals surface area contributed by atoms with Crippen LogP contribution in [0.25, 0.3) is 0 Å². The molecule has 1 N–H and O–H groups in total. The number of nitrogens with one attached hydrogen (secondary N) is 1. The molecule has 0 aliphatic heterocycles. The summed E-state index contributed by atoms with van der Waals surface area (Å²) in [6.07, 6.45) is 2.58. The molecular formula is C11H10N4O4S. The number of hydrogen-bond donors (Lipinski definition) is 1. The maximum Gasteiger partial charge on any atom is 0.440 e. The van der Waals surface area contributed by atoms with Gasteiger partial charge in [-0.3, -0.25) is 10.1 Å². The third kappa shape index (κ3) is 3.26. The predicted molar refractivity (Wildman–Crippen MR) is 73.9 cm³/mol. The number of carbonyl (C=O) groups excluding carboxylic acids is 1. The van der Waals surface area contributed by atoms with Crippen molar-refractivity contribution in [2.45, 2.75) is 0 Å². The first-order chi connectivity index (χ1) is 9.60. The zero-order valence-electron chi connectivity index (χ0n) is 10.3. The Kier molecular flexibility index (Phi) is 4.20. The molecule has 1 aromatic carbocycles. The average Bonchev–Trinajstić information content (AvgIpc) is 2.88. The highest BCUT2D eigenvalue weighted by atomic mass is 32.2. The van der Waals surface area contributed by atoms with Crippen molar-refractivity contribution in [1.82, 2.24) is 9.78 Å². The Morgan fingerprint density at radius 1 is 1.40 bits per heavy atom. The van der Waals surface area contributed by atoms with Gasteiger partial charge in [0.2, 0.25) is 0 Å². The van der Waals surface area contributed by atoms with Crippen LogP contribution in [0.15, 0.2) is 36.5 Å². The molecule has 9 heteroatoms. The molecule has 1 aromatic heterocycles. The van der Waals surface area contributed by atoms with Crippen LogP contribution in [-0.2, 0) is 0 Å². The van der Waals surface area contributed by atoms with Crippen LogP contribution in [0, 0.1) is 10.1 Å². The zero-order chi connectivity index (χ0) is 14.5. The van der Waals surface area contributed by atoms with Gasteiger partial charge in [-0.25, -0.2) is 4.79 Å². The first-order valence-corrected chi connectivity index (χ1v) is 6.64. The lowest BCUT2D eigenvalue weighted by Crippen LogP contribution is -2.17. The summed E-state index contributed by atoms with van der Waals surface area (Å²) in [6.45, 7) is 0. The Morgan fingerprint density at radius 2 is 2.10 bits per heavy atom. The SMILES string of the molecule is CSNc1ccn(C(=O)Oc2ccc([N+](=O)[O-])cc2)n1. The van der Waals surface area contributed by atoms with Crippen LogP contribution in [0.5, 0.6) is 5.75 Å². The molecule has 2 aromatic rings. The van der Waals surface area contributed by atoms with Crippen molar-refractivity contribution in [2.24, 2.45) is 0 Å². The van der Waals surface area contributed by atoms with E-state index in [0.717, 1.165) is 4.68 Å². The minimum absolute atomic E-state index is 0.0738. The van der Waals surface area contributed by atoms with E-state index in [9.17, 15) is 14.9 Å². The maximum absolute atomic E-state index is 11.8. The minimum Gasteiger partial charge on any atom is -0.409 e. The fourth-order valence-corrected chi connectivity index (χ4v) is 1.69. The van der Waals surface area contributed by atoms with E-state index in [-0.39, 0.29) is 11.4 Å². The maximum atomic E-state index is 11.8. The van der Waals surface area contributed by atoms with Gasteiger partial charge in [-0.2, -0.15) is 4.68 Å². The third-order valence-corrected chi connectivity index (χ3v) is 2.65. The van der Waals surface area contributed by atoms with Crippen molar-refractivity contribution in [3.63, 3.8) is 0 Å². The van der Waals surface area contributed by atoms with Crippen LogP contribution in [0.1, 0.15) is 0 Å². The number of ether oxygens (including phenoxy) is 1. The number of carbonyl (C=O) groups is 1. The summed E-state index contributed by atoms with van der Waals surface area (Å²) in [5, 5.41) is 14.4. The first-order valence-electron chi connectivity index (χ1n) is 5.41. The summed E-state index contributed by atoms with van der Waals surface area (Å²) in [7, 11) is 0. The molecule has 2 rings (SSSR count). The molecule has 104 valence electrons. The number of benzene rings is 1. The van der Waals surface area contributed by atoms with Crippen LogP contribution in [0.3, 0.4) is 0 Å². The smallest absolute Gasteiger partial charge is 0.409 e. The first kappa shape index (κ1) is 13.9. The van der Waals surface area contributed by atoms with Gasteiger partial charge in [0, 0.05) is 30.7 Å². The number of aromatic nitrogens is 2. The highest BCUT2D eigenvalue weighted by Crippen LogP contribution is 2.18. The topological polar surface area (TPSA) is 99.3 Å². The second kappa shape index (κ2) is 6.06. The van der Waals surface area contributed by atoms with Crippen LogP contribution < -0.4 is 9.46 Å². The lowest BCUT2D eigenvalue weighted by molar-refractivity contribution is -0.384. The van der Waals surface area contributed by atoms with Gasteiger partial charge < -0.3 is 9.46 Å². The molecular weight excluding hydrogens is 284 g/mol. The molecule has 0 amide bonds. The van der Waals surface area contributed by atoms with Gasteiger partial charge in [0.1, 0.15) is 5.75 Å². The van der Waals surface area contributed by atoms with Crippen molar-refractivity contribution in [2.75, 3.05) is 11.0 Å². The number of nitro groups is 1. The normalized spacial score (nSPS) is 10.1. The van der Waals surface area contributed by atoms with E-state index >= 15 is 0 Å². The predicted octanol–water partition coefficient (Wildman–Crippen LogP) is 2.53. The van der Waals surface area contributed by atoms with Crippen molar-refractivity contribution in [3.05, 3.63) is 46.6 Å². The molecule has 20 heavy (non-hydrogen) atoms. The van der Waals surface area contributed by atoms with E-state index in [4.69, 9.17) is 4.74 Å². The molecule has 0 fully saturated rings. The Hall–Kier alpha value is -2.55. The number of nitrogens with zero attached hydrogens (tertiary/aromatic N) is 3. The molecule has 0 aliphatic carbocycles. The van der Waals surface area contributed by atoms with Gasteiger partial charge in [-0.1, -0.05) is 11.9 Å². The Bertz CT molecular complexity index is 626. The molecule has 1 heterocycles. The van der Waals surface area contributed by atoms with E-state index in [2.05, 4.69) is 9.82 Å². The van der Waals surface area contributed by atoms with Crippen molar-refractivity contribution in [1.29, 1.82) is 0 Å². The number of hydrogen-bond acceptors (Lipinski definition) is 7. The lowest BCUT2D eigenvalue weighted by atomic mass is 10.3. The van der Waals surface area contributed by atoms with Gasteiger partial charge in [-0.05, 0) is 12.1 Å². The van der Waals surface area contributed by atoms with Gasteiger partial charge in [0.15, 0.2) is 5.82 Å². The quantitative estimate of drug-likeness (QED) is 0.525. The number of non-ortho nitro benzene ring substituents is 1. The molecule has 0 unspecified atom stereocenters. The molecule has 8 nitrogen and oxygen atoms in total. The van der Waals surface area contributed by atoms with Crippen LogP contribution in [0.4, 0.5) is 16.3 Å². The molecule has 0 bridgehead atoms. The fourth-order valence-electron chi connectivity index (χ4n) is 1.37. The average molecular weight is 294 g/mol. The number of rotatable bonds is 4. The number of nitro benzene ring substituents is 1. The Balaban J connectivity index is 2.04. The molecule has 0 radical (unpaired) electrons. The van der Waals surface area contributed by atoms with E-state index in [1.165, 1.54) is 42.4 Å². The van der Waals surface area contributed by atoms with Crippen LogP contribution >= 0.6 is 11.9 Å². The summed E-state index contributed by atoms with van der Waals surface area (Å²) in [5.41, 5.74) is -0.0738. The largest absolute Gasteiger partial charge is 0.440 e. The second-order valence-electron chi connectivity index (χ2n) is 3.57. The van der Waals surface area contributed by atoms with Crippen LogP contribution in [0.2, 0.25) is 0 Å². The highest BCUT2D eigenvalue weighted by molar-refractivity contribution is 7.99. The lowest BCUT2D eigenvalue weighted by Gasteiger charge is -2.03. The molecule has 0 aliphatic rings. The third-order valence-electron chi connectivity index (χ3n) is 2.24. The summed E-state index contributed by atoms with van der Waals surface area (Å²) in [4.78, 5) is 21.7. The van der Waals surface area contributed by atoms with Crippen molar-refractivity contribution >= 4 is 29.5 Å². The molecule has 0 atom stereocenters. The Morgan fingerprint density at radius 3 is 2.70 bits per heavy atom. The zero-order valence-corrected chi connectivity index (χ0v) is 11.2. The standard InChI is InChI=1S/C11H10N4O4S/c1-20-13-10-6-7-14(12-10)11(16)19-9-4-2-8(3-5-9)15(17)18/h2-7H,1H3,(H,12,13). The molecule has 0 saturated heterocycles. The second-order valence-corrected chi connectivity index (χ2v) is 4.18. The van der Waals surface area contributed by atoms with Crippen molar-refractivity contribution in [3.8, 4) is 5.75 Å². The summed E-state index contributed by atoms with van der Waals surface area (Å²) >= 11 is 1.35. The number of anilines is 1. The molecule has 0 saturated carbocycles. The van der Waals surface area contributed by atoms with Gasteiger partial charge in [-0.15, -0.1) is 5.10 Å². The van der Waals surface area contributed by atoms with E-state index in [1.54, 1.807) is 6.07 Å². The molecule has 0 spiro atoms. The summed E-state index contributed by atoms with van der Waals surface area (Å²) in [5.74, 6) is 0.730. The fraction of sp³-hybridized carbons (Fsp3) is 0.0909. The minimum atomic E-state index is -0.701. The van der Waals surface area contributed by atoms with Gasteiger partial charge in [0.25, 0.3) is 5.69 Å². The van der Waals surface area contributed by atoms with E-state index in [1.807, 2.05) is 6.26 Å². The van der Waals surface area contributed by atoms with Gasteiger partial charge >= 0.3 is 6.09 Å². The van der Waals surface area contributed by atoms with E-state index in [0.29, 0.717) is 5.82 Å². The summed E-state index contributed by atoms with van der Waals surface area (Å²) < 4.78 is 8.93. The monoisotopic (exact) mass is 294 g/mol. The Labute approximate surface area is 118 Å². The summed E-state index contributed by atoms with van der Waals surface area (Å²) in [6, 6.07) is 6.83. The van der Waals surface area contributed by atoms with Crippen molar-refractivity contribution < 1.29 is 14.5 Å². The highest BCUT2D eigenvalue weighted by Gasteiger charge is 2.11.